The highest BCUT2D eigenvalue weighted by atomic mass is 79.9. The number of anilines is 1. The maximum atomic E-state index is 11.5. The fourth-order valence-corrected chi connectivity index (χ4v) is 1.52. The molecule has 94 valence electrons. The zero-order valence-electron chi connectivity index (χ0n) is 9.74. The zero-order valence-corrected chi connectivity index (χ0v) is 11.3. The molecule has 0 radical (unpaired) electrons. The van der Waals surface area contributed by atoms with Gasteiger partial charge in [-0.15, -0.1) is 0 Å². The lowest BCUT2D eigenvalue weighted by Crippen LogP contribution is -2.29. The van der Waals surface area contributed by atoms with E-state index in [0.717, 1.165) is 10.2 Å². The number of aliphatic hydroxyl groups excluding tert-OH is 1. The largest absolute Gasteiger partial charge is 0.393 e. The van der Waals surface area contributed by atoms with Gasteiger partial charge in [-0.25, -0.2) is 0 Å². The van der Waals surface area contributed by atoms with Crippen LogP contribution in [-0.2, 0) is 4.79 Å². The minimum Gasteiger partial charge on any atom is -0.393 e. The van der Waals surface area contributed by atoms with E-state index in [1.807, 2.05) is 24.3 Å². The van der Waals surface area contributed by atoms with Crippen molar-refractivity contribution in [2.45, 2.75) is 19.4 Å². The van der Waals surface area contributed by atoms with Crippen LogP contribution in [0.15, 0.2) is 28.7 Å². The maximum absolute atomic E-state index is 11.5. The molecule has 0 heterocycles. The molecule has 0 bridgehead atoms. The Labute approximate surface area is 110 Å². The van der Waals surface area contributed by atoms with Crippen LogP contribution in [0.2, 0.25) is 0 Å². The molecule has 0 saturated carbocycles. The predicted octanol–water partition coefficient (Wildman–Crippen LogP) is 1.75. The van der Waals surface area contributed by atoms with Crippen molar-refractivity contribution in [3.63, 3.8) is 0 Å². The average Bonchev–Trinajstić information content (AvgIpc) is 2.27. The molecule has 0 saturated heterocycles. The molecule has 1 aromatic carbocycles. The van der Waals surface area contributed by atoms with E-state index in [2.05, 4.69) is 26.6 Å². The second-order valence-corrected chi connectivity index (χ2v) is 4.79. The quantitative estimate of drug-likeness (QED) is 0.702. The normalized spacial score (nSPS) is 12.2. The monoisotopic (exact) mass is 300 g/mol. The zero-order chi connectivity index (χ0) is 12.7. The van der Waals surface area contributed by atoms with Crippen LogP contribution in [0.25, 0.3) is 0 Å². The molecule has 0 aliphatic heterocycles. The number of hydrogen-bond acceptors (Lipinski definition) is 3. The fraction of sp³-hybridized carbons (Fsp3) is 0.417. The van der Waals surface area contributed by atoms with Gasteiger partial charge in [0.05, 0.1) is 12.6 Å². The molecule has 0 aromatic heterocycles. The Morgan fingerprint density at radius 3 is 2.65 bits per heavy atom. The number of benzene rings is 1. The van der Waals surface area contributed by atoms with Crippen LogP contribution in [0.3, 0.4) is 0 Å². The Hall–Kier alpha value is -0.910. The van der Waals surface area contributed by atoms with Crippen molar-refractivity contribution in [2.24, 2.45) is 0 Å². The van der Waals surface area contributed by atoms with Crippen molar-refractivity contribution < 1.29 is 9.90 Å². The lowest BCUT2D eigenvalue weighted by Gasteiger charge is -2.07. The van der Waals surface area contributed by atoms with Crippen molar-refractivity contribution in [3.05, 3.63) is 28.7 Å². The number of amides is 1. The second-order valence-electron chi connectivity index (χ2n) is 3.87. The summed E-state index contributed by atoms with van der Waals surface area (Å²) >= 11 is 3.33. The van der Waals surface area contributed by atoms with Crippen LogP contribution in [0.1, 0.15) is 13.3 Å². The molecule has 0 aliphatic rings. The molecule has 0 spiro atoms. The van der Waals surface area contributed by atoms with Crippen LogP contribution < -0.4 is 10.6 Å². The van der Waals surface area contributed by atoms with E-state index < -0.39 is 0 Å². The Bertz CT molecular complexity index is 352. The molecule has 1 rings (SSSR count). The minimum absolute atomic E-state index is 0.0853. The number of halogens is 1. The van der Waals surface area contributed by atoms with Gasteiger partial charge in [0, 0.05) is 10.2 Å². The maximum Gasteiger partial charge on any atom is 0.238 e. The average molecular weight is 301 g/mol. The van der Waals surface area contributed by atoms with Gasteiger partial charge in [-0.2, -0.15) is 0 Å². The van der Waals surface area contributed by atoms with Gasteiger partial charge in [0.2, 0.25) is 5.91 Å². The van der Waals surface area contributed by atoms with Crippen LogP contribution in [0, 0.1) is 0 Å². The van der Waals surface area contributed by atoms with Crippen LogP contribution >= 0.6 is 15.9 Å². The Morgan fingerprint density at radius 2 is 2.06 bits per heavy atom. The van der Waals surface area contributed by atoms with Crippen molar-refractivity contribution in [1.29, 1.82) is 0 Å². The molecule has 4 nitrogen and oxygen atoms in total. The minimum atomic E-state index is -0.336. The van der Waals surface area contributed by atoms with Gasteiger partial charge in [0.1, 0.15) is 0 Å². The lowest BCUT2D eigenvalue weighted by atomic mass is 10.3. The highest BCUT2D eigenvalue weighted by molar-refractivity contribution is 9.10. The van der Waals surface area contributed by atoms with Gasteiger partial charge < -0.3 is 15.7 Å². The number of rotatable bonds is 6. The van der Waals surface area contributed by atoms with Gasteiger partial charge in [0.25, 0.3) is 0 Å². The molecule has 17 heavy (non-hydrogen) atoms. The third kappa shape index (κ3) is 6.41. The number of aliphatic hydroxyl groups is 1. The first-order valence-corrected chi connectivity index (χ1v) is 6.31. The predicted molar refractivity (Wildman–Crippen MR) is 71.9 cm³/mol. The molecule has 1 atom stereocenters. The van der Waals surface area contributed by atoms with E-state index in [1.165, 1.54) is 0 Å². The van der Waals surface area contributed by atoms with E-state index >= 15 is 0 Å². The third-order valence-electron chi connectivity index (χ3n) is 2.15. The molecule has 0 aliphatic carbocycles. The van der Waals surface area contributed by atoms with E-state index in [9.17, 15) is 4.79 Å². The molecule has 1 amide bonds. The van der Waals surface area contributed by atoms with Crippen LogP contribution in [-0.4, -0.2) is 30.2 Å². The Morgan fingerprint density at radius 1 is 1.41 bits per heavy atom. The van der Waals surface area contributed by atoms with Crippen molar-refractivity contribution in [3.8, 4) is 0 Å². The summed E-state index contributed by atoms with van der Waals surface area (Å²) < 4.78 is 0.977. The van der Waals surface area contributed by atoms with E-state index in [1.54, 1.807) is 6.92 Å². The Kier molecular flexibility index (Phi) is 6.18. The topological polar surface area (TPSA) is 61.4 Å². The van der Waals surface area contributed by atoms with E-state index in [0.29, 0.717) is 13.0 Å². The first-order chi connectivity index (χ1) is 8.08. The summed E-state index contributed by atoms with van der Waals surface area (Å²) in [5, 5.41) is 14.8. The van der Waals surface area contributed by atoms with Gasteiger partial charge in [-0.1, -0.05) is 15.9 Å². The number of hydrogen-bond donors (Lipinski definition) is 3. The summed E-state index contributed by atoms with van der Waals surface area (Å²) in [6, 6.07) is 7.41. The summed E-state index contributed by atoms with van der Waals surface area (Å²) in [4.78, 5) is 11.5. The summed E-state index contributed by atoms with van der Waals surface area (Å²) in [6.45, 7) is 2.61. The highest BCUT2D eigenvalue weighted by Crippen LogP contribution is 2.13. The second kappa shape index (κ2) is 7.42. The number of nitrogens with one attached hydrogen (secondary N) is 2. The molecule has 5 heteroatoms. The first-order valence-electron chi connectivity index (χ1n) is 5.52. The molecule has 1 aromatic rings. The number of carbonyl (C=O) groups is 1. The first kappa shape index (κ1) is 14.2. The third-order valence-corrected chi connectivity index (χ3v) is 2.68. The summed E-state index contributed by atoms with van der Waals surface area (Å²) in [7, 11) is 0. The smallest absolute Gasteiger partial charge is 0.238 e. The van der Waals surface area contributed by atoms with Gasteiger partial charge in [0.15, 0.2) is 0 Å². The lowest BCUT2D eigenvalue weighted by molar-refractivity contribution is -0.115. The molecule has 3 N–H and O–H groups in total. The van der Waals surface area contributed by atoms with Crippen molar-refractivity contribution in [2.75, 3.05) is 18.4 Å². The SMILES string of the molecule is CC(O)CCNCC(=O)Nc1ccc(Br)cc1. The highest BCUT2D eigenvalue weighted by Gasteiger charge is 2.02. The Balaban J connectivity index is 2.23. The molecule has 0 fully saturated rings. The van der Waals surface area contributed by atoms with Gasteiger partial charge in [-0.3, -0.25) is 4.79 Å². The van der Waals surface area contributed by atoms with Crippen molar-refractivity contribution in [1.82, 2.24) is 5.32 Å². The van der Waals surface area contributed by atoms with Crippen LogP contribution in [0.4, 0.5) is 5.69 Å². The standard InChI is InChI=1S/C12H17BrN2O2/c1-9(16)6-7-14-8-12(17)15-11-4-2-10(13)3-5-11/h2-5,9,14,16H,6-8H2,1H3,(H,15,17). The van der Waals surface area contributed by atoms with Gasteiger partial charge >= 0.3 is 0 Å². The summed E-state index contributed by atoms with van der Waals surface area (Å²) in [5.41, 5.74) is 0.774. The van der Waals surface area contributed by atoms with E-state index in [-0.39, 0.29) is 18.6 Å². The van der Waals surface area contributed by atoms with Crippen LogP contribution in [0.5, 0.6) is 0 Å². The number of carbonyl (C=O) groups excluding carboxylic acids is 1. The van der Waals surface area contributed by atoms with Crippen molar-refractivity contribution >= 4 is 27.5 Å². The summed E-state index contributed by atoms with van der Waals surface area (Å²) in [6.07, 6.45) is 0.308. The van der Waals surface area contributed by atoms with E-state index in [4.69, 9.17) is 5.11 Å². The molecule has 1 unspecified atom stereocenters. The summed E-state index contributed by atoms with van der Waals surface area (Å²) in [5.74, 6) is -0.0853. The fourth-order valence-electron chi connectivity index (χ4n) is 1.25. The molecular formula is C12H17BrN2O2. The van der Waals surface area contributed by atoms with Gasteiger partial charge in [-0.05, 0) is 44.2 Å². The molecular weight excluding hydrogens is 284 g/mol.